The molecule has 124 valence electrons. The highest BCUT2D eigenvalue weighted by atomic mass is 16.2. The Balaban J connectivity index is 1.40. The average Bonchev–Trinajstić information content (AvgIpc) is 3.06. The Labute approximate surface area is 140 Å². The summed E-state index contributed by atoms with van der Waals surface area (Å²) in [7, 11) is 0. The molecule has 6 heteroatoms. The van der Waals surface area contributed by atoms with E-state index in [0.29, 0.717) is 0 Å². The van der Waals surface area contributed by atoms with E-state index >= 15 is 0 Å². The normalized spacial score (nSPS) is 21.8. The van der Waals surface area contributed by atoms with Gasteiger partial charge in [0.25, 0.3) is 0 Å². The predicted molar refractivity (Wildman–Crippen MR) is 89.6 cm³/mol. The molecule has 0 spiro atoms. The van der Waals surface area contributed by atoms with Crippen LogP contribution in [0.15, 0.2) is 30.5 Å². The van der Waals surface area contributed by atoms with E-state index in [1.54, 1.807) is 0 Å². The topological polar surface area (TPSA) is 76.0 Å². The van der Waals surface area contributed by atoms with Crippen molar-refractivity contribution in [2.75, 3.05) is 5.32 Å². The molecule has 24 heavy (non-hydrogen) atoms. The van der Waals surface area contributed by atoms with E-state index in [-0.39, 0.29) is 24.3 Å². The van der Waals surface area contributed by atoms with Crippen LogP contribution in [0.1, 0.15) is 35.8 Å². The van der Waals surface area contributed by atoms with Crippen molar-refractivity contribution in [3.63, 3.8) is 0 Å². The number of imidazole rings is 1. The molecule has 2 N–H and O–H groups in total. The number of anilines is 1. The van der Waals surface area contributed by atoms with Gasteiger partial charge in [-0.05, 0) is 25.0 Å². The van der Waals surface area contributed by atoms with Crippen LogP contribution in [0.25, 0.3) is 0 Å². The molecule has 2 aliphatic rings. The van der Waals surface area contributed by atoms with Gasteiger partial charge in [0.2, 0.25) is 11.8 Å². The van der Waals surface area contributed by atoms with Crippen LogP contribution in [0, 0.1) is 6.92 Å². The Bertz CT molecular complexity index is 811. The summed E-state index contributed by atoms with van der Waals surface area (Å²) in [4.78, 5) is 29.0. The second-order valence-electron chi connectivity index (χ2n) is 6.59. The Morgan fingerprint density at radius 3 is 3.12 bits per heavy atom. The van der Waals surface area contributed by atoms with Gasteiger partial charge in [-0.25, -0.2) is 4.98 Å². The van der Waals surface area contributed by atoms with Crippen molar-refractivity contribution >= 4 is 17.5 Å². The van der Waals surface area contributed by atoms with Crippen LogP contribution in [-0.4, -0.2) is 27.4 Å². The van der Waals surface area contributed by atoms with Gasteiger partial charge in [0.15, 0.2) is 0 Å². The number of aromatic nitrogens is 2. The number of hydrogen-bond donors (Lipinski definition) is 2. The number of benzene rings is 1. The summed E-state index contributed by atoms with van der Waals surface area (Å²) < 4.78 is 2.11. The van der Waals surface area contributed by atoms with E-state index in [0.717, 1.165) is 42.2 Å². The van der Waals surface area contributed by atoms with Crippen molar-refractivity contribution in [2.24, 2.45) is 0 Å². The van der Waals surface area contributed by atoms with Crippen LogP contribution in [-0.2, 0) is 22.6 Å². The Hall–Kier alpha value is -2.63. The van der Waals surface area contributed by atoms with Gasteiger partial charge in [-0.1, -0.05) is 18.2 Å². The summed E-state index contributed by atoms with van der Waals surface area (Å²) in [5.74, 6) is 0.526. The van der Waals surface area contributed by atoms with E-state index in [4.69, 9.17) is 0 Å². The van der Waals surface area contributed by atoms with Gasteiger partial charge in [-0.15, -0.1) is 0 Å². The molecule has 2 aliphatic heterocycles. The number of carbonyl (C=O) groups is 2. The zero-order chi connectivity index (χ0) is 16.7. The zero-order valence-electron chi connectivity index (χ0n) is 13.6. The monoisotopic (exact) mass is 324 g/mol. The third-order valence-corrected chi connectivity index (χ3v) is 4.78. The van der Waals surface area contributed by atoms with Crippen LogP contribution in [0.3, 0.4) is 0 Å². The van der Waals surface area contributed by atoms with Gasteiger partial charge in [-0.2, -0.15) is 0 Å². The van der Waals surface area contributed by atoms with Crippen molar-refractivity contribution in [3.05, 3.63) is 47.5 Å². The molecular formula is C18H20N4O2. The third kappa shape index (κ3) is 2.68. The standard InChI is InChI=1S/C18H20N4O2/c1-11-9-22-10-12(6-7-16(22)19-11)20-17(23)8-14-13-4-2-3-5-15(13)21-18(14)24/h2-5,9,12,14H,6-8,10H2,1H3,(H,20,23)(H,21,24)/t12-,14-/m1/s1. The minimum atomic E-state index is -0.393. The first-order valence-electron chi connectivity index (χ1n) is 8.32. The van der Waals surface area contributed by atoms with E-state index in [9.17, 15) is 9.59 Å². The van der Waals surface area contributed by atoms with Crippen LogP contribution in [0.5, 0.6) is 0 Å². The van der Waals surface area contributed by atoms with Crippen molar-refractivity contribution < 1.29 is 9.59 Å². The number of fused-ring (bicyclic) bond motifs is 2. The summed E-state index contributed by atoms with van der Waals surface area (Å²) in [6.07, 6.45) is 3.96. The molecule has 0 unspecified atom stereocenters. The maximum atomic E-state index is 12.4. The molecule has 2 amide bonds. The molecule has 0 saturated carbocycles. The molecule has 2 aromatic rings. The summed E-state index contributed by atoms with van der Waals surface area (Å²) in [5.41, 5.74) is 2.74. The molecule has 0 radical (unpaired) electrons. The number of para-hydroxylation sites is 1. The van der Waals surface area contributed by atoms with Gasteiger partial charge >= 0.3 is 0 Å². The van der Waals surface area contributed by atoms with Crippen molar-refractivity contribution in [3.8, 4) is 0 Å². The third-order valence-electron chi connectivity index (χ3n) is 4.78. The summed E-state index contributed by atoms with van der Waals surface area (Å²) in [5, 5.41) is 5.92. The van der Waals surface area contributed by atoms with Crippen molar-refractivity contribution in [1.82, 2.24) is 14.9 Å². The fraction of sp³-hybridized carbons (Fsp3) is 0.389. The first-order chi connectivity index (χ1) is 11.6. The minimum Gasteiger partial charge on any atom is -0.352 e. The first-order valence-corrected chi connectivity index (χ1v) is 8.32. The second-order valence-corrected chi connectivity index (χ2v) is 6.59. The number of rotatable bonds is 3. The fourth-order valence-electron chi connectivity index (χ4n) is 3.65. The maximum absolute atomic E-state index is 12.4. The van der Waals surface area contributed by atoms with Gasteiger partial charge < -0.3 is 15.2 Å². The molecule has 4 rings (SSSR count). The zero-order valence-corrected chi connectivity index (χ0v) is 13.6. The summed E-state index contributed by atoms with van der Waals surface area (Å²) in [6.45, 7) is 2.73. The van der Waals surface area contributed by atoms with Gasteiger partial charge in [-0.3, -0.25) is 9.59 Å². The molecule has 1 aromatic heterocycles. The lowest BCUT2D eigenvalue weighted by atomic mass is 9.96. The highest BCUT2D eigenvalue weighted by Gasteiger charge is 2.32. The molecule has 0 fully saturated rings. The molecule has 1 aromatic carbocycles. The minimum absolute atomic E-state index is 0.0721. The highest BCUT2D eigenvalue weighted by Crippen LogP contribution is 2.34. The smallest absolute Gasteiger partial charge is 0.232 e. The molecule has 2 atom stereocenters. The molecule has 0 bridgehead atoms. The molecular weight excluding hydrogens is 304 g/mol. The number of nitrogens with zero attached hydrogens (tertiary/aromatic N) is 2. The Kier molecular flexibility index (Phi) is 3.59. The highest BCUT2D eigenvalue weighted by molar-refractivity contribution is 6.04. The van der Waals surface area contributed by atoms with Crippen LogP contribution in [0.4, 0.5) is 5.69 Å². The Morgan fingerprint density at radius 1 is 1.42 bits per heavy atom. The molecule has 0 saturated heterocycles. The maximum Gasteiger partial charge on any atom is 0.232 e. The van der Waals surface area contributed by atoms with Crippen LogP contribution < -0.4 is 10.6 Å². The van der Waals surface area contributed by atoms with E-state index in [1.807, 2.05) is 37.4 Å². The number of amides is 2. The van der Waals surface area contributed by atoms with E-state index in [2.05, 4.69) is 20.2 Å². The number of aryl methyl sites for hydroxylation is 2. The van der Waals surface area contributed by atoms with Crippen LogP contribution in [0.2, 0.25) is 0 Å². The lowest BCUT2D eigenvalue weighted by Crippen LogP contribution is -2.41. The Morgan fingerprint density at radius 2 is 2.25 bits per heavy atom. The fourth-order valence-corrected chi connectivity index (χ4v) is 3.65. The average molecular weight is 324 g/mol. The lowest BCUT2D eigenvalue weighted by Gasteiger charge is -2.25. The van der Waals surface area contributed by atoms with Gasteiger partial charge in [0.05, 0.1) is 11.6 Å². The van der Waals surface area contributed by atoms with Crippen LogP contribution >= 0.6 is 0 Å². The van der Waals surface area contributed by atoms with Crippen molar-refractivity contribution in [2.45, 2.75) is 44.7 Å². The molecule has 6 nitrogen and oxygen atoms in total. The first kappa shape index (κ1) is 14.9. The van der Waals surface area contributed by atoms with E-state index < -0.39 is 5.92 Å². The lowest BCUT2D eigenvalue weighted by molar-refractivity contribution is -0.125. The number of nitrogens with one attached hydrogen (secondary N) is 2. The predicted octanol–water partition coefficient (Wildman–Crippen LogP) is 1.75. The largest absolute Gasteiger partial charge is 0.352 e. The van der Waals surface area contributed by atoms with Crippen molar-refractivity contribution in [1.29, 1.82) is 0 Å². The van der Waals surface area contributed by atoms with Gasteiger partial charge in [0.1, 0.15) is 5.82 Å². The molecule has 3 heterocycles. The second kappa shape index (κ2) is 5.78. The number of hydrogen-bond acceptors (Lipinski definition) is 3. The SMILES string of the molecule is Cc1cn2c(n1)CC[C@@H](NC(=O)C[C@H]1C(=O)Nc3ccccc31)C2. The van der Waals surface area contributed by atoms with E-state index in [1.165, 1.54) is 0 Å². The summed E-state index contributed by atoms with van der Waals surface area (Å²) in [6, 6.07) is 7.66. The summed E-state index contributed by atoms with van der Waals surface area (Å²) >= 11 is 0. The molecule has 0 aliphatic carbocycles. The quantitative estimate of drug-likeness (QED) is 0.903. The number of carbonyl (C=O) groups excluding carboxylic acids is 2. The van der Waals surface area contributed by atoms with Gasteiger partial charge in [0, 0.05) is 37.3 Å².